The number of amides is 1. The van der Waals surface area contributed by atoms with Crippen LogP contribution in [0.4, 0.5) is 0 Å². The molecule has 1 saturated heterocycles. The van der Waals surface area contributed by atoms with E-state index < -0.39 is 0 Å². The summed E-state index contributed by atoms with van der Waals surface area (Å²) in [7, 11) is 0. The summed E-state index contributed by atoms with van der Waals surface area (Å²) in [5.41, 5.74) is 5.44. The highest BCUT2D eigenvalue weighted by Gasteiger charge is 2.36. The van der Waals surface area contributed by atoms with Crippen molar-refractivity contribution < 1.29 is 9.53 Å². The minimum Gasteiger partial charge on any atom is -0.374 e. The Hall–Kier alpha value is -0.320. The number of hydrogen-bond acceptors (Lipinski definition) is 3. The molecule has 1 amide bonds. The molecule has 2 rings (SSSR count). The zero-order chi connectivity index (χ0) is 11.4. The fourth-order valence-corrected chi connectivity index (χ4v) is 2.80. The first-order chi connectivity index (χ1) is 7.83. The van der Waals surface area contributed by atoms with Crippen molar-refractivity contribution in [3.8, 4) is 0 Å². The van der Waals surface area contributed by atoms with E-state index in [0.717, 1.165) is 25.8 Å². The summed E-state index contributed by atoms with van der Waals surface area (Å²) in [6, 6.07) is 0.341. The van der Waals surface area contributed by atoms with Gasteiger partial charge in [0.05, 0.1) is 18.8 Å². The zero-order valence-electron chi connectivity index (χ0n) is 10.3. The second kappa shape index (κ2) is 7.19. The maximum Gasteiger partial charge on any atom is 0.223 e. The minimum absolute atomic E-state index is 0. The molecule has 2 unspecified atom stereocenters. The van der Waals surface area contributed by atoms with E-state index in [1.807, 2.05) is 4.90 Å². The largest absolute Gasteiger partial charge is 0.374 e. The Morgan fingerprint density at radius 2 is 2.12 bits per heavy atom. The summed E-state index contributed by atoms with van der Waals surface area (Å²) in [6.07, 6.45) is 6.39. The first kappa shape index (κ1) is 14.7. The van der Waals surface area contributed by atoms with Gasteiger partial charge in [-0.05, 0) is 25.8 Å². The minimum atomic E-state index is 0. The van der Waals surface area contributed by atoms with Crippen molar-refractivity contribution in [1.29, 1.82) is 0 Å². The van der Waals surface area contributed by atoms with Crippen molar-refractivity contribution in [1.82, 2.24) is 4.90 Å². The zero-order valence-corrected chi connectivity index (χ0v) is 11.1. The van der Waals surface area contributed by atoms with Gasteiger partial charge in [0, 0.05) is 13.0 Å². The van der Waals surface area contributed by atoms with Crippen LogP contribution in [0.5, 0.6) is 0 Å². The van der Waals surface area contributed by atoms with E-state index in [1.165, 1.54) is 12.8 Å². The number of fused-ring (bicyclic) bond motifs is 1. The number of nitrogens with two attached hydrogens (primary N) is 1. The van der Waals surface area contributed by atoms with Gasteiger partial charge in [0.25, 0.3) is 0 Å². The summed E-state index contributed by atoms with van der Waals surface area (Å²) >= 11 is 0. The normalized spacial score (nSPS) is 28.2. The van der Waals surface area contributed by atoms with Crippen molar-refractivity contribution in [2.75, 3.05) is 19.7 Å². The van der Waals surface area contributed by atoms with Crippen LogP contribution in [-0.2, 0) is 9.53 Å². The summed E-state index contributed by atoms with van der Waals surface area (Å²) in [6.45, 7) is 2.07. The molecule has 2 fully saturated rings. The highest BCUT2D eigenvalue weighted by Crippen LogP contribution is 2.28. The Bertz CT molecular complexity index is 249. The molecule has 100 valence electrons. The lowest BCUT2D eigenvalue weighted by atomic mass is 9.90. The molecule has 0 aromatic carbocycles. The molecule has 17 heavy (non-hydrogen) atoms. The molecular formula is C12H23ClN2O2. The van der Waals surface area contributed by atoms with E-state index in [9.17, 15) is 4.79 Å². The van der Waals surface area contributed by atoms with Crippen LogP contribution >= 0.6 is 12.4 Å². The van der Waals surface area contributed by atoms with Gasteiger partial charge >= 0.3 is 0 Å². The molecule has 2 atom stereocenters. The van der Waals surface area contributed by atoms with Gasteiger partial charge in [-0.1, -0.05) is 12.8 Å². The third-order valence-corrected chi connectivity index (χ3v) is 3.65. The van der Waals surface area contributed by atoms with Crippen LogP contribution in [-0.4, -0.2) is 42.6 Å². The molecule has 1 heterocycles. The number of rotatable bonds is 3. The van der Waals surface area contributed by atoms with Crippen molar-refractivity contribution in [3.63, 3.8) is 0 Å². The molecule has 0 bridgehead atoms. The summed E-state index contributed by atoms with van der Waals surface area (Å²) in [5.74, 6) is 0.269. The maximum atomic E-state index is 12.0. The first-order valence-electron chi connectivity index (χ1n) is 6.44. The Morgan fingerprint density at radius 1 is 1.35 bits per heavy atom. The lowest BCUT2D eigenvalue weighted by Gasteiger charge is -2.43. The van der Waals surface area contributed by atoms with E-state index >= 15 is 0 Å². The van der Waals surface area contributed by atoms with Crippen LogP contribution in [0.2, 0.25) is 0 Å². The van der Waals surface area contributed by atoms with Gasteiger partial charge < -0.3 is 15.4 Å². The molecule has 0 aromatic heterocycles. The molecule has 5 heteroatoms. The topological polar surface area (TPSA) is 55.6 Å². The van der Waals surface area contributed by atoms with Gasteiger partial charge in [0.2, 0.25) is 5.91 Å². The van der Waals surface area contributed by atoms with E-state index in [1.54, 1.807) is 0 Å². The molecule has 1 aliphatic carbocycles. The first-order valence-corrected chi connectivity index (χ1v) is 6.44. The molecule has 2 aliphatic rings. The van der Waals surface area contributed by atoms with E-state index in [4.69, 9.17) is 10.5 Å². The van der Waals surface area contributed by atoms with Gasteiger partial charge in [0.15, 0.2) is 0 Å². The number of morpholine rings is 1. The van der Waals surface area contributed by atoms with E-state index in [2.05, 4.69) is 0 Å². The molecule has 1 saturated carbocycles. The standard InChI is InChI=1S/C12H22N2O2.ClH/c13-7-3-6-12(15)14-8-9-16-11-5-2-1-4-10(11)14;/h10-11H,1-9,13H2;1H. The average molecular weight is 263 g/mol. The molecule has 2 N–H and O–H groups in total. The SMILES string of the molecule is Cl.NCCCC(=O)N1CCOC2CCCCC21. The predicted octanol–water partition coefficient (Wildman–Crippen LogP) is 1.32. The third-order valence-electron chi connectivity index (χ3n) is 3.65. The number of ether oxygens (including phenoxy) is 1. The second-order valence-corrected chi connectivity index (χ2v) is 4.74. The summed E-state index contributed by atoms with van der Waals surface area (Å²) in [5, 5.41) is 0. The van der Waals surface area contributed by atoms with Gasteiger partial charge in [-0.25, -0.2) is 0 Å². The Labute approximate surface area is 109 Å². The number of carbonyl (C=O) groups is 1. The Kier molecular flexibility index (Phi) is 6.23. The van der Waals surface area contributed by atoms with Gasteiger partial charge in [-0.15, -0.1) is 12.4 Å². The fourth-order valence-electron chi connectivity index (χ4n) is 2.80. The fraction of sp³-hybridized carbons (Fsp3) is 0.917. The van der Waals surface area contributed by atoms with Crippen LogP contribution in [0, 0.1) is 0 Å². The van der Waals surface area contributed by atoms with Crippen molar-refractivity contribution in [2.24, 2.45) is 5.73 Å². The Morgan fingerprint density at radius 3 is 2.88 bits per heavy atom. The van der Waals surface area contributed by atoms with E-state index in [-0.39, 0.29) is 18.3 Å². The van der Waals surface area contributed by atoms with Crippen molar-refractivity contribution in [3.05, 3.63) is 0 Å². The van der Waals surface area contributed by atoms with Crippen molar-refractivity contribution >= 4 is 18.3 Å². The van der Waals surface area contributed by atoms with Crippen molar-refractivity contribution in [2.45, 2.75) is 50.7 Å². The summed E-state index contributed by atoms with van der Waals surface area (Å²) < 4.78 is 5.75. The Balaban J connectivity index is 0.00000144. The van der Waals surface area contributed by atoms with Crippen LogP contribution in [0.3, 0.4) is 0 Å². The van der Waals surface area contributed by atoms with Crippen LogP contribution in [0.25, 0.3) is 0 Å². The molecule has 4 nitrogen and oxygen atoms in total. The highest BCUT2D eigenvalue weighted by molar-refractivity contribution is 5.85. The monoisotopic (exact) mass is 262 g/mol. The average Bonchev–Trinajstić information content (AvgIpc) is 2.35. The van der Waals surface area contributed by atoms with Crippen LogP contribution in [0.15, 0.2) is 0 Å². The van der Waals surface area contributed by atoms with Crippen LogP contribution < -0.4 is 5.73 Å². The predicted molar refractivity (Wildman–Crippen MR) is 69.2 cm³/mol. The van der Waals surface area contributed by atoms with Crippen LogP contribution in [0.1, 0.15) is 38.5 Å². The number of carbonyl (C=O) groups excluding carboxylic acids is 1. The molecule has 0 spiro atoms. The number of halogens is 1. The molecule has 0 radical (unpaired) electrons. The second-order valence-electron chi connectivity index (χ2n) is 4.74. The maximum absolute atomic E-state index is 12.0. The quantitative estimate of drug-likeness (QED) is 0.835. The molecule has 1 aliphatic heterocycles. The summed E-state index contributed by atoms with van der Waals surface area (Å²) in [4.78, 5) is 14.1. The third kappa shape index (κ3) is 3.57. The van der Waals surface area contributed by atoms with E-state index in [0.29, 0.717) is 31.7 Å². The lowest BCUT2D eigenvalue weighted by Crippen LogP contribution is -2.54. The highest BCUT2D eigenvalue weighted by atomic mass is 35.5. The molecule has 0 aromatic rings. The smallest absolute Gasteiger partial charge is 0.223 e. The number of nitrogens with zero attached hydrogens (tertiary/aromatic N) is 1. The van der Waals surface area contributed by atoms with Gasteiger partial charge in [-0.3, -0.25) is 4.79 Å². The molecular weight excluding hydrogens is 240 g/mol. The number of hydrogen-bond donors (Lipinski definition) is 1. The van der Waals surface area contributed by atoms with Gasteiger partial charge in [0.1, 0.15) is 0 Å². The lowest BCUT2D eigenvalue weighted by molar-refractivity contribution is -0.149. The van der Waals surface area contributed by atoms with Gasteiger partial charge in [-0.2, -0.15) is 0 Å².